The van der Waals surface area contributed by atoms with Crippen molar-refractivity contribution in [2.24, 2.45) is 4.99 Å². The maximum absolute atomic E-state index is 13.9. The first kappa shape index (κ1) is 33.2. The minimum absolute atomic E-state index is 0.0788. The molecular weight excluding hydrogens is 697 g/mol. The third-order valence-corrected chi connectivity index (χ3v) is 8.27. The highest BCUT2D eigenvalue weighted by atomic mass is 127. The first-order chi connectivity index (χ1) is 21.9. The van der Waals surface area contributed by atoms with E-state index >= 15 is 0 Å². The van der Waals surface area contributed by atoms with Gasteiger partial charge in [0.1, 0.15) is 17.9 Å². The van der Waals surface area contributed by atoms with Crippen molar-refractivity contribution in [3.63, 3.8) is 0 Å². The fourth-order valence-electron chi connectivity index (χ4n) is 4.40. The highest BCUT2D eigenvalue weighted by Crippen LogP contribution is 2.29. The predicted molar refractivity (Wildman–Crippen MR) is 189 cm³/mol. The number of hydrogen-bond acceptors (Lipinski definition) is 5. The molecule has 0 saturated heterocycles. The van der Waals surface area contributed by atoms with Crippen molar-refractivity contribution in [1.29, 1.82) is 0 Å². The summed E-state index contributed by atoms with van der Waals surface area (Å²) in [5, 5.41) is 3.19. The summed E-state index contributed by atoms with van der Waals surface area (Å²) in [7, 11) is 0. The van der Waals surface area contributed by atoms with E-state index in [0.29, 0.717) is 17.0 Å². The molecule has 1 aliphatic heterocycles. The van der Waals surface area contributed by atoms with E-state index in [1.165, 1.54) is 11.0 Å². The smallest absolute Gasteiger partial charge is 0.285 e. The van der Waals surface area contributed by atoms with Crippen LogP contribution >= 0.6 is 34.4 Å². The molecule has 4 rings (SSSR count). The Bertz CT molecular complexity index is 1700. The number of amidine groups is 1. The van der Waals surface area contributed by atoms with Gasteiger partial charge in [-0.2, -0.15) is 4.99 Å². The summed E-state index contributed by atoms with van der Waals surface area (Å²) in [6.07, 6.45) is 13.5. The monoisotopic (exact) mass is 727 g/mol. The highest BCUT2D eigenvalue weighted by molar-refractivity contribution is 14.1. The zero-order chi connectivity index (χ0) is 32.2. The minimum atomic E-state index is -0.698. The Morgan fingerprint density at radius 3 is 2.36 bits per heavy atom. The van der Waals surface area contributed by atoms with Crippen molar-refractivity contribution in [3.8, 4) is 18.1 Å². The first-order valence-electron chi connectivity index (χ1n) is 13.9. The van der Waals surface area contributed by atoms with E-state index in [4.69, 9.17) is 11.2 Å². The van der Waals surface area contributed by atoms with E-state index in [9.17, 15) is 14.4 Å². The second-order valence-electron chi connectivity index (χ2n) is 9.50. The minimum Gasteiger partial charge on any atom is -0.480 e. The fourth-order valence-corrected chi connectivity index (χ4v) is 5.91. The van der Waals surface area contributed by atoms with Gasteiger partial charge in [-0.05, 0) is 70.5 Å². The lowest BCUT2D eigenvalue weighted by Gasteiger charge is -2.28. The topological polar surface area (TPSA) is 88.1 Å². The number of benzene rings is 3. The van der Waals surface area contributed by atoms with Crippen LogP contribution in [0.4, 0.5) is 0 Å². The quantitative estimate of drug-likeness (QED) is 0.0782. The fraction of sp³-hybridized carbons (Fsp3) is 0.111. The van der Waals surface area contributed by atoms with Gasteiger partial charge in [-0.3, -0.25) is 19.3 Å². The molecule has 0 spiro atoms. The van der Waals surface area contributed by atoms with Crippen molar-refractivity contribution < 1.29 is 19.1 Å². The molecule has 9 heteroatoms. The molecule has 0 bridgehead atoms. The lowest BCUT2D eigenvalue weighted by molar-refractivity contribution is -0.126. The van der Waals surface area contributed by atoms with E-state index in [1.807, 2.05) is 60.7 Å². The van der Waals surface area contributed by atoms with Gasteiger partial charge in [0.2, 0.25) is 5.91 Å². The summed E-state index contributed by atoms with van der Waals surface area (Å²) in [6.45, 7) is 5.61. The van der Waals surface area contributed by atoms with Crippen molar-refractivity contribution in [3.05, 3.63) is 141 Å². The summed E-state index contributed by atoms with van der Waals surface area (Å²) in [5.74, 6) is 1.40. The van der Waals surface area contributed by atoms with Crippen LogP contribution < -0.4 is 10.1 Å². The molecule has 1 N–H and O–H groups in total. The number of amides is 3. The number of nitrogens with one attached hydrogen (secondary N) is 1. The summed E-state index contributed by atoms with van der Waals surface area (Å²) in [4.78, 5) is 46.1. The van der Waals surface area contributed by atoms with Gasteiger partial charge in [0.25, 0.3) is 11.8 Å². The van der Waals surface area contributed by atoms with Crippen LogP contribution in [-0.2, 0) is 14.4 Å². The number of halogens is 1. The Morgan fingerprint density at radius 2 is 1.78 bits per heavy atom. The van der Waals surface area contributed by atoms with Crippen molar-refractivity contribution in [2.45, 2.75) is 13.0 Å². The van der Waals surface area contributed by atoms with Crippen LogP contribution in [0.25, 0.3) is 6.08 Å². The molecule has 0 fully saturated rings. The van der Waals surface area contributed by atoms with E-state index in [0.717, 1.165) is 26.5 Å². The number of ether oxygens (including phenoxy) is 1. The third-order valence-electron chi connectivity index (χ3n) is 6.49. The number of terminal acetylenes is 1. The molecule has 0 saturated carbocycles. The normalized spacial score (nSPS) is 14.4. The molecule has 3 aromatic carbocycles. The largest absolute Gasteiger partial charge is 0.480 e. The molecule has 1 heterocycles. The van der Waals surface area contributed by atoms with Crippen LogP contribution in [0.1, 0.15) is 29.7 Å². The van der Waals surface area contributed by atoms with Gasteiger partial charge >= 0.3 is 0 Å². The number of hydrogen-bond donors (Lipinski definition) is 1. The van der Waals surface area contributed by atoms with Gasteiger partial charge in [0.05, 0.1) is 15.4 Å². The van der Waals surface area contributed by atoms with Crippen molar-refractivity contribution in [1.82, 2.24) is 10.2 Å². The zero-order valence-electron chi connectivity index (χ0n) is 24.5. The molecule has 7 nitrogen and oxygen atoms in total. The second-order valence-corrected chi connectivity index (χ2v) is 11.6. The number of rotatable bonds is 11. The highest BCUT2D eigenvalue weighted by Gasteiger charge is 2.35. The number of allylic oxidation sites excluding steroid dienone is 4. The molecule has 0 aliphatic carbocycles. The summed E-state index contributed by atoms with van der Waals surface area (Å²) in [6, 6.07) is 24.2. The first-order valence-corrected chi connectivity index (χ1v) is 15.9. The molecular formula is C36H30IN3O4S. The van der Waals surface area contributed by atoms with Gasteiger partial charge in [-0.1, -0.05) is 109 Å². The Hall–Kier alpha value is -4.66. The molecule has 226 valence electrons. The van der Waals surface area contributed by atoms with Gasteiger partial charge in [0.15, 0.2) is 5.17 Å². The van der Waals surface area contributed by atoms with Crippen LogP contribution in [0.3, 0.4) is 0 Å². The average Bonchev–Trinajstić information content (AvgIpc) is 3.06. The van der Waals surface area contributed by atoms with Gasteiger partial charge in [-0.25, -0.2) is 0 Å². The lowest BCUT2D eigenvalue weighted by atomic mass is 9.99. The average molecular weight is 728 g/mol. The Kier molecular flexibility index (Phi) is 12.1. The van der Waals surface area contributed by atoms with Crippen LogP contribution in [0.2, 0.25) is 0 Å². The van der Waals surface area contributed by atoms with Crippen LogP contribution in [0, 0.1) is 15.9 Å². The van der Waals surface area contributed by atoms with Crippen LogP contribution in [0.5, 0.6) is 5.75 Å². The number of carbonyl (C=O) groups is 3. The lowest BCUT2D eigenvalue weighted by Crippen LogP contribution is -2.42. The summed E-state index contributed by atoms with van der Waals surface area (Å²) < 4.78 is 6.29. The van der Waals surface area contributed by atoms with Crippen LogP contribution in [-0.4, -0.2) is 40.1 Å². The zero-order valence-corrected chi connectivity index (χ0v) is 27.5. The van der Waals surface area contributed by atoms with Gasteiger partial charge < -0.3 is 10.1 Å². The standard InChI is InChI=1S/C36H30IN3O4S/c1-4-7-18-28(6-3)40-35(43)29(22-25-19-20-31(30(37)23-25)44-21-5-2)34(42)39-36(40)45-24-32(41)38-33(26-14-10-8-11-15-26)27-16-12-9-13-17-27/h2,4,6-20,22-23,33H,1,21,24H2,3H3,(H,38,41)/b18-7-,28-6+,29-22+. The summed E-state index contributed by atoms with van der Waals surface area (Å²) in [5.41, 5.74) is 2.83. The van der Waals surface area contributed by atoms with Gasteiger partial charge in [0, 0.05) is 5.70 Å². The molecule has 1 aliphatic rings. The Labute approximate surface area is 281 Å². The molecule has 45 heavy (non-hydrogen) atoms. The number of aliphatic imine (C=N–C) groups is 1. The van der Waals surface area contributed by atoms with Crippen molar-refractivity contribution in [2.75, 3.05) is 12.4 Å². The molecule has 0 atom stereocenters. The van der Waals surface area contributed by atoms with E-state index in [1.54, 1.807) is 49.4 Å². The van der Waals surface area contributed by atoms with E-state index in [2.05, 4.69) is 45.4 Å². The predicted octanol–water partition coefficient (Wildman–Crippen LogP) is 6.70. The molecule has 3 aromatic rings. The maximum Gasteiger partial charge on any atom is 0.285 e. The van der Waals surface area contributed by atoms with Gasteiger partial charge in [-0.15, -0.1) is 6.42 Å². The summed E-state index contributed by atoms with van der Waals surface area (Å²) >= 11 is 3.11. The second kappa shape index (κ2) is 16.4. The number of thioether (sulfide) groups is 1. The molecule has 3 amide bonds. The molecule has 0 aromatic heterocycles. The Morgan fingerprint density at radius 1 is 1.11 bits per heavy atom. The van der Waals surface area contributed by atoms with E-state index in [-0.39, 0.29) is 35.0 Å². The van der Waals surface area contributed by atoms with Crippen molar-refractivity contribution >= 4 is 63.3 Å². The Balaban J connectivity index is 1.61. The SMILES string of the molecule is C#CCOc1ccc(/C=C2\C(=O)N=C(SCC(=O)NC(c3ccccc3)c3ccccc3)N(C(/C=C\C=C)=C/C)C2=O)cc1I. The van der Waals surface area contributed by atoms with Crippen LogP contribution in [0.15, 0.2) is 126 Å². The van der Waals surface area contributed by atoms with E-state index < -0.39 is 11.8 Å². The molecule has 0 radical (unpaired) electrons. The number of carbonyl (C=O) groups excluding carboxylic acids is 3. The molecule has 0 unspecified atom stereocenters. The third kappa shape index (κ3) is 8.71. The number of nitrogens with zero attached hydrogens (tertiary/aromatic N) is 2. The maximum atomic E-state index is 13.9.